The minimum Gasteiger partial charge on any atom is -0.487 e. The first-order valence-electron chi connectivity index (χ1n) is 11.9. The summed E-state index contributed by atoms with van der Waals surface area (Å²) in [6.07, 6.45) is 0.152. The maximum atomic E-state index is 14.2. The van der Waals surface area contributed by atoms with Crippen molar-refractivity contribution in [2.24, 2.45) is 0 Å². The molecule has 1 aliphatic rings. The summed E-state index contributed by atoms with van der Waals surface area (Å²) in [5, 5.41) is 3.08. The van der Waals surface area contributed by atoms with Crippen LogP contribution in [-0.2, 0) is 11.2 Å². The first-order valence-corrected chi connectivity index (χ1v) is 11.9. The van der Waals surface area contributed by atoms with Gasteiger partial charge in [0.25, 0.3) is 0 Å². The molecule has 0 unspecified atom stereocenters. The standard InChI is InChI=1S/C31H28FNO2/c1-19-9-12-22(13-10-19)15-29(34)33-28-17-24(26-18-25(32)14-11-20(26)2)16-27-30(21(3)35-31(27)28)23-7-5-4-6-8-23/h4-14,16-18,21,30H,15H2,1-3H3,(H,33,34)/t21-,30-/m0/s1. The zero-order chi connectivity index (χ0) is 24.5. The molecule has 4 aromatic rings. The predicted octanol–water partition coefficient (Wildman–Crippen LogP) is 7.20. The molecule has 0 aromatic heterocycles. The maximum Gasteiger partial charge on any atom is 0.228 e. The van der Waals surface area contributed by atoms with Crippen LogP contribution in [0.25, 0.3) is 11.1 Å². The summed E-state index contributed by atoms with van der Waals surface area (Å²) in [6.45, 7) is 6.03. The number of benzene rings is 4. The minimum absolute atomic E-state index is 0.00719. The Morgan fingerprint density at radius 3 is 2.43 bits per heavy atom. The van der Waals surface area contributed by atoms with Gasteiger partial charge in [-0.25, -0.2) is 4.39 Å². The van der Waals surface area contributed by atoms with Crippen molar-refractivity contribution < 1.29 is 13.9 Å². The molecule has 5 rings (SSSR count). The summed E-state index contributed by atoms with van der Waals surface area (Å²) in [6, 6.07) is 26.9. The van der Waals surface area contributed by atoms with E-state index in [4.69, 9.17) is 4.74 Å². The minimum atomic E-state index is -0.291. The largest absolute Gasteiger partial charge is 0.487 e. The number of ether oxygens (including phenoxy) is 1. The van der Waals surface area contributed by atoms with Crippen molar-refractivity contribution in [1.82, 2.24) is 0 Å². The van der Waals surface area contributed by atoms with Gasteiger partial charge in [-0.15, -0.1) is 0 Å². The summed E-state index contributed by atoms with van der Waals surface area (Å²) >= 11 is 0. The van der Waals surface area contributed by atoms with Crippen LogP contribution in [0.2, 0.25) is 0 Å². The van der Waals surface area contributed by atoms with Crippen LogP contribution in [0.1, 0.15) is 40.7 Å². The third-order valence-corrected chi connectivity index (χ3v) is 6.65. The Labute approximate surface area is 205 Å². The van der Waals surface area contributed by atoms with E-state index in [0.717, 1.165) is 38.9 Å². The van der Waals surface area contributed by atoms with E-state index < -0.39 is 0 Å². The van der Waals surface area contributed by atoms with Gasteiger partial charge in [0.2, 0.25) is 5.91 Å². The van der Waals surface area contributed by atoms with Gasteiger partial charge in [0, 0.05) is 11.5 Å². The number of nitrogens with one attached hydrogen (secondary N) is 1. The predicted molar refractivity (Wildman–Crippen MR) is 138 cm³/mol. The molecule has 1 N–H and O–H groups in total. The molecule has 0 fully saturated rings. The van der Waals surface area contributed by atoms with Gasteiger partial charge in [-0.2, -0.15) is 0 Å². The van der Waals surface area contributed by atoms with E-state index >= 15 is 0 Å². The number of hydrogen-bond acceptors (Lipinski definition) is 2. The quantitative estimate of drug-likeness (QED) is 0.338. The first-order chi connectivity index (χ1) is 16.9. The SMILES string of the molecule is Cc1ccc(CC(=O)Nc2cc(-c3cc(F)ccc3C)cc3c2O[C@@H](C)[C@H]3c2ccccc2)cc1. The summed E-state index contributed by atoms with van der Waals surface area (Å²) in [4.78, 5) is 13.0. The lowest BCUT2D eigenvalue weighted by atomic mass is 9.86. The van der Waals surface area contributed by atoms with E-state index in [2.05, 4.69) is 23.5 Å². The van der Waals surface area contributed by atoms with Crippen LogP contribution in [0.5, 0.6) is 5.75 Å². The van der Waals surface area contributed by atoms with Crippen molar-refractivity contribution in [3.8, 4) is 16.9 Å². The number of amides is 1. The summed E-state index contributed by atoms with van der Waals surface area (Å²) < 4.78 is 20.5. The molecule has 35 heavy (non-hydrogen) atoms. The topological polar surface area (TPSA) is 38.3 Å². The Balaban J connectivity index is 1.58. The molecule has 3 nitrogen and oxygen atoms in total. The average Bonchev–Trinajstić information content (AvgIpc) is 3.18. The lowest BCUT2D eigenvalue weighted by molar-refractivity contribution is -0.115. The van der Waals surface area contributed by atoms with Crippen LogP contribution in [0.15, 0.2) is 84.9 Å². The zero-order valence-electron chi connectivity index (χ0n) is 20.1. The Morgan fingerprint density at radius 1 is 0.943 bits per heavy atom. The molecule has 0 saturated carbocycles. The van der Waals surface area contributed by atoms with E-state index in [1.54, 1.807) is 12.1 Å². The number of fused-ring (bicyclic) bond motifs is 1. The van der Waals surface area contributed by atoms with Gasteiger partial charge in [-0.05, 0) is 72.9 Å². The Bertz CT molecular complexity index is 1380. The smallest absolute Gasteiger partial charge is 0.228 e. The van der Waals surface area contributed by atoms with E-state index in [-0.39, 0.29) is 30.2 Å². The van der Waals surface area contributed by atoms with Crippen molar-refractivity contribution >= 4 is 11.6 Å². The fourth-order valence-electron chi connectivity index (χ4n) is 4.87. The third-order valence-electron chi connectivity index (χ3n) is 6.65. The molecule has 1 aliphatic heterocycles. The molecule has 4 heteroatoms. The first kappa shape index (κ1) is 22.9. The molecular formula is C31H28FNO2. The van der Waals surface area contributed by atoms with Crippen LogP contribution < -0.4 is 10.1 Å². The van der Waals surface area contributed by atoms with Gasteiger partial charge in [-0.3, -0.25) is 4.79 Å². The Kier molecular flexibility index (Phi) is 6.12. The van der Waals surface area contributed by atoms with Crippen LogP contribution in [0.4, 0.5) is 10.1 Å². The van der Waals surface area contributed by atoms with Crippen LogP contribution in [0, 0.1) is 19.7 Å². The summed E-state index contributed by atoms with van der Waals surface area (Å²) in [5.74, 6) is 0.276. The van der Waals surface area contributed by atoms with Gasteiger partial charge in [0.05, 0.1) is 12.1 Å². The van der Waals surface area contributed by atoms with Crippen molar-refractivity contribution in [3.05, 3.63) is 119 Å². The molecule has 1 heterocycles. The maximum absolute atomic E-state index is 14.2. The number of rotatable bonds is 5. The normalized spacial score (nSPS) is 16.5. The van der Waals surface area contributed by atoms with Crippen molar-refractivity contribution in [2.45, 2.75) is 39.2 Å². The summed E-state index contributed by atoms with van der Waals surface area (Å²) in [5.41, 5.74) is 7.46. The van der Waals surface area contributed by atoms with Gasteiger partial charge in [0.15, 0.2) is 0 Å². The van der Waals surface area contributed by atoms with Crippen LogP contribution in [0.3, 0.4) is 0 Å². The van der Waals surface area contributed by atoms with E-state index in [1.807, 2.05) is 69.3 Å². The molecule has 0 aliphatic carbocycles. The highest BCUT2D eigenvalue weighted by atomic mass is 19.1. The molecule has 176 valence electrons. The Hall–Kier alpha value is -3.92. The van der Waals surface area contributed by atoms with Crippen LogP contribution >= 0.6 is 0 Å². The fraction of sp³-hybridized carbons (Fsp3) is 0.194. The lowest BCUT2D eigenvalue weighted by Gasteiger charge is -2.16. The van der Waals surface area contributed by atoms with Gasteiger partial charge < -0.3 is 10.1 Å². The van der Waals surface area contributed by atoms with Crippen molar-refractivity contribution in [1.29, 1.82) is 0 Å². The molecule has 1 amide bonds. The highest BCUT2D eigenvalue weighted by Crippen LogP contribution is 2.48. The number of carbonyl (C=O) groups excluding carboxylic acids is 1. The third kappa shape index (κ3) is 4.69. The highest BCUT2D eigenvalue weighted by molar-refractivity contribution is 5.95. The number of halogens is 1. The molecule has 4 aromatic carbocycles. The lowest BCUT2D eigenvalue weighted by Crippen LogP contribution is -2.16. The molecular weight excluding hydrogens is 437 g/mol. The number of anilines is 1. The van der Waals surface area contributed by atoms with Crippen molar-refractivity contribution in [3.63, 3.8) is 0 Å². The zero-order valence-corrected chi connectivity index (χ0v) is 20.1. The highest BCUT2D eigenvalue weighted by Gasteiger charge is 2.35. The van der Waals surface area contributed by atoms with E-state index in [0.29, 0.717) is 11.4 Å². The number of aryl methyl sites for hydroxylation is 2. The number of hydrogen-bond donors (Lipinski definition) is 1. The average molecular weight is 466 g/mol. The second kappa shape index (κ2) is 9.38. The molecule has 0 saturated heterocycles. The second-order valence-corrected chi connectivity index (χ2v) is 9.32. The second-order valence-electron chi connectivity index (χ2n) is 9.32. The summed E-state index contributed by atoms with van der Waals surface area (Å²) in [7, 11) is 0. The Morgan fingerprint density at radius 2 is 1.69 bits per heavy atom. The van der Waals surface area contributed by atoms with Crippen LogP contribution in [-0.4, -0.2) is 12.0 Å². The molecule has 2 atom stereocenters. The fourth-order valence-corrected chi connectivity index (χ4v) is 4.87. The van der Waals surface area contributed by atoms with Gasteiger partial charge in [-0.1, -0.05) is 66.2 Å². The van der Waals surface area contributed by atoms with E-state index in [1.165, 1.54) is 6.07 Å². The van der Waals surface area contributed by atoms with Crippen molar-refractivity contribution in [2.75, 3.05) is 5.32 Å². The number of carbonyl (C=O) groups is 1. The molecule has 0 radical (unpaired) electrons. The van der Waals surface area contributed by atoms with E-state index in [9.17, 15) is 9.18 Å². The van der Waals surface area contributed by atoms with Gasteiger partial charge in [0.1, 0.15) is 17.7 Å². The van der Waals surface area contributed by atoms with Gasteiger partial charge >= 0.3 is 0 Å². The molecule has 0 spiro atoms. The molecule has 0 bridgehead atoms. The monoisotopic (exact) mass is 465 g/mol.